The van der Waals surface area contributed by atoms with Crippen LogP contribution in [0.15, 0.2) is 11.1 Å². The molecule has 6 nitrogen and oxygen atoms in total. The summed E-state index contributed by atoms with van der Waals surface area (Å²) in [5.41, 5.74) is 5.76. The molecule has 1 saturated heterocycles. The molecule has 4 unspecified atom stereocenters. The summed E-state index contributed by atoms with van der Waals surface area (Å²) in [6.45, 7) is 0.766. The number of nitrogens with two attached hydrogens (primary N) is 1. The SMILES string of the molecule is NC1C2CCCOC2C1Nc1nc[nH]c(=O)c1Cl. The fraction of sp³-hybridized carbons (Fsp3) is 0.636. The number of fused-ring (bicyclic) bond motifs is 1. The van der Waals surface area contributed by atoms with Crippen molar-refractivity contribution in [1.82, 2.24) is 9.97 Å². The summed E-state index contributed by atoms with van der Waals surface area (Å²) in [5, 5.41) is 3.18. The normalized spacial score (nSPS) is 34.6. The number of nitrogens with one attached hydrogen (secondary N) is 2. The summed E-state index contributed by atoms with van der Waals surface area (Å²) in [6.07, 6.45) is 3.58. The molecule has 1 aliphatic heterocycles. The number of ether oxygens (including phenoxy) is 1. The van der Waals surface area contributed by atoms with Crippen LogP contribution < -0.4 is 16.6 Å². The lowest BCUT2D eigenvalue weighted by molar-refractivity contribution is -0.104. The maximum atomic E-state index is 11.4. The Morgan fingerprint density at radius 1 is 1.61 bits per heavy atom. The number of aromatic nitrogens is 2. The van der Waals surface area contributed by atoms with Crippen LogP contribution in [0.2, 0.25) is 5.02 Å². The molecule has 1 saturated carbocycles. The zero-order valence-electron chi connectivity index (χ0n) is 9.73. The lowest BCUT2D eigenvalue weighted by atomic mass is 9.68. The van der Waals surface area contributed by atoms with Crippen molar-refractivity contribution < 1.29 is 4.74 Å². The van der Waals surface area contributed by atoms with E-state index >= 15 is 0 Å². The number of hydrogen-bond acceptors (Lipinski definition) is 5. The van der Waals surface area contributed by atoms with Gasteiger partial charge in [-0.05, 0) is 12.8 Å². The minimum absolute atomic E-state index is 0.0208. The Balaban J connectivity index is 1.77. The molecule has 0 amide bonds. The van der Waals surface area contributed by atoms with E-state index in [0.717, 1.165) is 19.4 Å². The number of halogens is 1. The molecule has 1 aromatic heterocycles. The molecule has 1 aromatic rings. The van der Waals surface area contributed by atoms with Gasteiger partial charge in [-0.15, -0.1) is 0 Å². The van der Waals surface area contributed by atoms with Crippen LogP contribution in [0.3, 0.4) is 0 Å². The summed E-state index contributed by atoms with van der Waals surface area (Å²) in [6, 6.07) is -0.00504. The largest absolute Gasteiger partial charge is 0.376 e. The number of rotatable bonds is 2. The molecular weight excluding hydrogens is 256 g/mol. The second kappa shape index (κ2) is 4.53. The minimum Gasteiger partial charge on any atom is -0.376 e. The summed E-state index contributed by atoms with van der Waals surface area (Å²) in [7, 11) is 0. The van der Waals surface area contributed by atoms with Gasteiger partial charge in [0, 0.05) is 18.6 Å². The van der Waals surface area contributed by atoms with Gasteiger partial charge >= 0.3 is 0 Å². The highest BCUT2D eigenvalue weighted by atomic mass is 35.5. The van der Waals surface area contributed by atoms with Gasteiger partial charge in [-0.2, -0.15) is 0 Å². The van der Waals surface area contributed by atoms with Crippen LogP contribution in [0.25, 0.3) is 0 Å². The summed E-state index contributed by atoms with van der Waals surface area (Å²) in [5.74, 6) is 0.769. The highest BCUT2D eigenvalue weighted by Gasteiger charge is 2.50. The van der Waals surface area contributed by atoms with E-state index in [4.69, 9.17) is 22.1 Å². The van der Waals surface area contributed by atoms with Crippen molar-refractivity contribution in [3.63, 3.8) is 0 Å². The predicted molar refractivity (Wildman–Crippen MR) is 67.7 cm³/mol. The van der Waals surface area contributed by atoms with Crippen LogP contribution in [0.5, 0.6) is 0 Å². The molecule has 7 heteroatoms. The van der Waals surface area contributed by atoms with Crippen molar-refractivity contribution in [2.24, 2.45) is 11.7 Å². The zero-order valence-corrected chi connectivity index (χ0v) is 10.5. The van der Waals surface area contributed by atoms with Gasteiger partial charge in [0.15, 0.2) is 5.82 Å². The molecular formula is C11H15ClN4O2. The summed E-state index contributed by atoms with van der Waals surface area (Å²) >= 11 is 5.89. The van der Waals surface area contributed by atoms with Gasteiger partial charge in [0.25, 0.3) is 5.56 Å². The highest BCUT2D eigenvalue weighted by Crippen LogP contribution is 2.38. The van der Waals surface area contributed by atoms with E-state index in [1.165, 1.54) is 6.33 Å². The third-order valence-corrected chi connectivity index (χ3v) is 4.13. The second-order valence-corrected chi connectivity index (χ2v) is 5.16. The van der Waals surface area contributed by atoms with Crippen LogP contribution in [0.4, 0.5) is 5.82 Å². The van der Waals surface area contributed by atoms with Crippen molar-refractivity contribution in [2.75, 3.05) is 11.9 Å². The molecule has 98 valence electrons. The monoisotopic (exact) mass is 270 g/mol. The van der Waals surface area contributed by atoms with Crippen molar-refractivity contribution in [3.8, 4) is 0 Å². The topological polar surface area (TPSA) is 93.0 Å². The Kier molecular flexibility index (Phi) is 3.01. The first-order valence-corrected chi connectivity index (χ1v) is 6.43. The van der Waals surface area contributed by atoms with Gasteiger partial charge in [-0.3, -0.25) is 4.79 Å². The number of H-pyrrole nitrogens is 1. The van der Waals surface area contributed by atoms with Gasteiger partial charge in [-0.1, -0.05) is 11.6 Å². The first-order valence-electron chi connectivity index (χ1n) is 6.05. The highest BCUT2D eigenvalue weighted by molar-refractivity contribution is 6.32. The summed E-state index contributed by atoms with van der Waals surface area (Å²) in [4.78, 5) is 17.8. The van der Waals surface area contributed by atoms with E-state index < -0.39 is 0 Å². The van der Waals surface area contributed by atoms with Gasteiger partial charge < -0.3 is 20.8 Å². The standard InChI is InChI=1S/C11H15ClN4O2/c12-6-10(14-4-15-11(6)17)16-8-7(13)5-2-1-3-18-9(5)8/h4-5,7-9H,1-3,13H2,(H2,14,15,16,17). The van der Waals surface area contributed by atoms with Gasteiger partial charge in [0.05, 0.1) is 18.5 Å². The van der Waals surface area contributed by atoms with Gasteiger partial charge in [0.1, 0.15) is 5.02 Å². The van der Waals surface area contributed by atoms with E-state index in [1.54, 1.807) is 0 Å². The zero-order chi connectivity index (χ0) is 12.7. The lowest BCUT2D eigenvalue weighted by Crippen LogP contribution is -2.69. The maximum absolute atomic E-state index is 11.4. The van der Waals surface area contributed by atoms with E-state index in [-0.39, 0.29) is 28.8 Å². The molecule has 18 heavy (non-hydrogen) atoms. The van der Waals surface area contributed by atoms with Crippen molar-refractivity contribution in [1.29, 1.82) is 0 Å². The van der Waals surface area contributed by atoms with E-state index in [1.807, 2.05) is 0 Å². The van der Waals surface area contributed by atoms with Crippen LogP contribution >= 0.6 is 11.6 Å². The number of nitrogens with zero attached hydrogens (tertiary/aromatic N) is 1. The summed E-state index contributed by atoms with van der Waals surface area (Å²) < 4.78 is 5.70. The molecule has 3 rings (SSSR count). The molecule has 2 heterocycles. The Morgan fingerprint density at radius 3 is 3.28 bits per heavy atom. The van der Waals surface area contributed by atoms with Crippen LogP contribution in [0, 0.1) is 5.92 Å². The molecule has 4 N–H and O–H groups in total. The van der Waals surface area contributed by atoms with E-state index in [2.05, 4.69) is 15.3 Å². The fourth-order valence-electron chi connectivity index (χ4n) is 2.77. The Morgan fingerprint density at radius 2 is 2.44 bits per heavy atom. The number of aromatic amines is 1. The maximum Gasteiger partial charge on any atom is 0.271 e. The first-order chi connectivity index (χ1) is 8.68. The Hall–Kier alpha value is -1.11. The van der Waals surface area contributed by atoms with Crippen molar-refractivity contribution >= 4 is 17.4 Å². The molecule has 4 atom stereocenters. The smallest absolute Gasteiger partial charge is 0.271 e. The third kappa shape index (κ3) is 1.81. The van der Waals surface area contributed by atoms with Gasteiger partial charge in [0.2, 0.25) is 0 Å². The van der Waals surface area contributed by atoms with Crippen LogP contribution in [-0.4, -0.2) is 34.8 Å². The van der Waals surface area contributed by atoms with Crippen molar-refractivity contribution in [2.45, 2.75) is 31.0 Å². The fourth-order valence-corrected chi connectivity index (χ4v) is 2.93. The third-order valence-electron chi connectivity index (χ3n) is 3.78. The number of hydrogen-bond donors (Lipinski definition) is 3. The van der Waals surface area contributed by atoms with Crippen LogP contribution in [-0.2, 0) is 4.74 Å². The quantitative estimate of drug-likeness (QED) is 0.721. The minimum atomic E-state index is -0.358. The van der Waals surface area contributed by atoms with Gasteiger partial charge in [-0.25, -0.2) is 4.98 Å². The molecule has 0 aromatic carbocycles. The van der Waals surface area contributed by atoms with Crippen molar-refractivity contribution in [3.05, 3.63) is 21.7 Å². The molecule has 2 aliphatic rings. The molecule has 0 spiro atoms. The number of anilines is 1. The average Bonchev–Trinajstić information content (AvgIpc) is 2.40. The first kappa shape index (κ1) is 12.0. The predicted octanol–water partition coefficient (Wildman–Crippen LogP) is 0.340. The Labute approximate surface area is 109 Å². The Bertz CT molecular complexity index is 506. The molecule has 0 bridgehead atoms. The van der Waals surface area contributed by atoms with Crippen LogP contribution in [0.1, 0.15) is 12.8 Å². The molecule has 0 radical (unpaired) electrons. The van der Waals surface area contributed by atoms with E-state index in [9.17, 15) is 4.79 Å². The second-order valence-electron chi connectivity index (χ2n) is 4.78. The lowest BCUT2D eigenvalue weighted by Gasteiger charge is -2.52. The average molecular weight is 271 g/mol. The molecule has 2 fully saturated rings. The molecule has 1 aliphatic carbocycles. The van der Waals surface area contributed by atoms with E-state index in [0.29, 0.717) is 11.7 Å².